The van der Waals surface area contributed by atoms with Gasteiger partial charge in [-0.05, 0) is 31.9 Å². The number of hydrogen-bond donors (Lipinski definition) is 0. The highest BCUT2D eigenvalue weighted by molar-refractivity contribution is 5.73. The van der Waals surface area contributed by atoms with Crippen molar-refractivity contribution < 1.29 is 9.53 Å². The van der Waals surface area contributed by atoms with E-state index >= 15 is 0 Å². The van der Waals surface area contributed by atoms with Crippen molar-refractivity contribution in [2.45, 2.75) is 38.5 Å². The lowest BCUT2D eigenvalue weighted by Gasteiger charge is -2.27. The van der Waals surface area contributed by atoms with Crippen LogP contribution in [-0.4, -0.2) is 16.6 Å². The van der Waals surface area contributed by atoms with E-state index in [4.69, 9.17) is 4.74 Å². The Morgan fingerprint density at radius 1 is 1.11 bits per heavy atom. The first kappa shape index (κ1) is 11.3. The fourth-order valence-electron chi connectivity index (χ4n) is 2.67. The van der Waals surface area contributed by atoms with E-state index in [1.54, 1.807) is 0 Å². The summed E-state index contributed by atoms with van der Waals surface area (Å²) in [6, 6.07) is 8.28. The predicted octanol–water partition coefficient (Wildman–Crippen LogP) is 3.59. The van der Waals surface area contributed by atoms with Crippen molar-refractivity contribution in [2.75, 3.05) is 0 Å². The Labute approximate surface area is 107 Å². The number of fused-ring (bicyclic) bond motifs is 5. The Kier molecular flexibility index (Phi) is 2.27. The van der Waals surface area contributed by atoms with Gasteiger partial charge in [-0.2, -0.15) is 0 Å². The summed E-state index contributed by atoms with van der Waals surface area (Å²) in [6.07, 6.45) is 3.92. The molecule has 3 nitrogen and oxygen atoms in total. The van der Waals surface area contributed by atoms with Crippen LogP contribution in [0.4, 0.5) is 4.79 Å². The molecule has 0 N–H and O–H groups in total. The molecule has 94 valence electrons. The summed E-state index contributed by atoms with van der Waals surface area (Å²) in [7, 11) is 0. The maximum absolute atomic E-state index is 12.3. The molecule has 0 saturated heterocycles. The standard InChI is InChI=1S/C15H17NO2/c1-15(2,3)18-14(17)16-12-8-9-13(16)11-7-5-4-6-10(11)12/h4-9,12-13H,1-3H3/t12-,13-/m0/s1. The molecule has 2 heterocycles. The molecule has 2 bridgehead atoms. The van der Waals surface area contributed by atoms with E-state index in [0.717, 1.165) is 0 Å². The Balaban J connectivity index is 1.89. The zero-order valence-electron chi connectivity index (χ0n) is 10.9. The summed E-state index contributed by atoms with van der Waals surface area (Å²) < 4.78 is 5.48. The number of amides is 1. The summed E-state index contributed by atoms with van der Waals surface area (Å²) in [5, 5.41) is 0. The molecule has 0 radical (unpaired) electrons. The third-order valence-corrected chi connectivity index (χ3v) is 3.31. The van der Waals surface area contributed by atoms with Gasteiger partial charge in [0.15, 0.2) is 0 Å². The summed E-state index contributed by atoms with van der Waals surface area (Å²) in [5.41, 5.74) is 1.98. The van der Waals surface area contributed by atoms with Crippen molar-refractivity contribution in [3.8, 4) is 0 Å². The highest BCUT2D eigenvalue weighted by Gasteiger charge is 2.44. The monoisotopic (exact) mass is 243 g/mol. The normalized spacial score (nSPS) is 24.3. The molecular formula is C15H17NO2. The highest BCUT2D eigenvalue weighted by atomic mass is 16.6. The van der Waals surface area contributed by atoms with Gasteiger partial charge < -0.3 is 4.74 Å². The highest BCUT2D eigenvalue weighted by Crippen LogP contribution is 2.48. The van der Waals surface area contributed by atoms with Crippen LogP contribution in [0.5, 0.6) is 0 Å². The molecule has 0 saturated carbocycles. The third kappa shape index (κ3) is 1.62. The molecule has 2 atom stereocenters. The topological polar surface area (TPSA) is 29.5 Å². The minimum absolute atomic E-state index is 0.0426. The van der Waals surface area contributed by atoms with Crippen LogP contribution in [-0.2, 0) is 4.74 Å². The summed E-state index contributed by atoms with van der Waals surface area (Å²) in [6.45, 7) is 5.68. The SMILES string of the molecule is CC(C)(C)OC(=O)N1[C@H]2C=C[C@H]1c1ccccc12. The lowest BCUT2D eigenvalue weighted by atomic mass is 9.97. The maximum atomic E-state index is 12.3. The molecular weight excluding hydrogens is 226 g/mol. The van der Waals surface area contributed by atoms with Gasteiger partial charge in [-0.25, -0.2) is 4.79 Å². The number of hydrogen-bond acceptors (Lipinski definition) is 2. The van der Waals surface area contributed by atoms with Gasteiger partial charge in [-0.3, -0.25) is 4.90 Å². The number of carbonyl (C=O) groups excluding carboxylic acids is 1. The second kappa shape index (κ2) is 3.61. The Hall–Kier alpha value is -1.77. The van der Waals surface area contributed by atoms with Gasteiger partial charge in [0.2, 0.25) is 0 Å². The van der Waals surface area contributed by atoms with Crippen molar-refractivity contribution in [2.24, 2.45) is 0 Å². The zero-order valence-corrected chi connectivity index (χ0v) is 10.9. The van der Waals surface area contributed by atoms with E-state index in [-0.39, 0.29) is 18.2 Å². The molecule has 3 rings (SSSR count). The van der Waals surface area contributed by atoms with Crippen molar-refractivity contribution in [3.63, 3.8) is 0 Å². The fourth-order valence-corrected chi connectivity index (χ4v) is 2.67. The van der Waals surface area contributed by atoms with Crippen LogP contribution in [0, 0.1) is 0 Å². The molecule has 1 aromatic carbocycles. The van der Waals surface area contributed by atoms with Crippen LogP contribution in [0.2, 0.25) is 0 Å². The van der Waals surface area contributed by atoms with Crippen LogP contribution in [0.25, 0.3) is 0 Å². The van der Waals surface area contributed by atoms with Crippen LogP contribution < -0.4 is 0 Å². The molecule has 0 fully saturated rings. The average molecular weight is 243 g/mol. The predicted molar refractivity (Wildman–Crippen MR) is 69.1 cm³/mol. The molecule has 0 aromatic heterocycles. The molecule has 2 aliphatic rings. The van der Waals surface area contributed by atoms with Gasteiger partial charge in [-0.15, -0.1) is 0 Å². The first-order valence-electron chi connectivity index (χ1n) is 6.26. The van der Waals surface area contributed by atoms with Crippen molar-refractivity contribution in [1.82, 2.24) is 4.90 Å². The van der Waals surface area contributed by atoms with Crippen molar-refractivity contribution >= 4 is 6.09 Å². The lowest BCUT2D eigenvalue weighted by Crippen LogP contribution is -2.35. The lowest BCUT2D eigenvalue weighted by molar-refractivity contribution is 0.0196. The van der Waals surface area contributed by atoms with Crippen LogP contribution in [0.15, 0.2) is 36.4 Å². The third-order valence-electron chi connectivity index (χ3n) is 3.31. The largest absolute Gasteiger partial charge is 0.444 e. The van der Waals surface area contributed by atoms with Crippen molar-refractivity contribution in [1.29, 1.82) is 0 Å². The smallest absolute Gasteiger partial charge is 0.411 e. The van der Waals surface area contributed by atoms with E-state index in [9.17, 15) is 4.79 Å². The summed E-state index contributed by atoms with van der Waals surface area (Å²) in [4.78, 5) is 14.1. The summed E-state index contributed by atoms with van der Waals surface area (Å²) in [5.74, 6) is 0. The molecule has 1 amide bonds. The quantitative estimate of drug-likeness (QED) is 0.652. The second-order valence-corrected chi connectivity index (χ2v) is 5.79. The van der Waals surface area contributed by atoms with Gasteiger partial charge in [0.25, 0.3) is 0 Å². The van der Waals surface area contributed by atoms with E-state index in [1.165, 1.54) is 11.1 Å². The number of benzene rings is 1. The fraction of sp³-hybridized carbons (Fsp3) is 0.400. The van der Waals surface area contributed by atoms with E-state index in [2.05, 4.69) is 24.3 Å². The van der Waals surface area contributed by atoms with Crippen LogP contribution in [0.3, 0.4) is 0 Å². The first-order valence-corrected chi connectivity index (χ1v) is 6.26. The molecule has 3 heteroatoms. The van der Waals surface area contributed by atoms with Gasteiger partial charge >= 0.3 is 6.09 Å². The summed E-state index contributed by atoms with van der Waals surface area (Å²) >= 11 is 0. The Morgan fingerprint density at radius 3 is 2.06 bits per heavy atom. The Morgan fingerprint density at radius 2 is 1.61 bits per heavy atom. The van der Waals surface area contributed by atoms with E-state index in [1.807, 2.05) is 37.8 Å². The first-order chi connectivity index (χ1) is 8.47. The minimum atomic E-state index is -0.453. The maximum Gasteiger partial charge on any atom is 0.411 e. The number of rotatable bonds is 0. The molecule has 0 aliphatic carbocycles. The van der Waals surface area contributed by atoms with Gasteiger partial charge in [0.05, 0.1) is 12.1 Å². The number of ether oxygens (including phenoxy) is 1. The van der Waals surface area contributed by atoms with Gasteiger partial charge in [0.1, 0.15) is 5.60 Å². The molecule has 1 aromatic rings. The van der Waals surface area contributed by atoms with Crippen molar-refractivity contribution in [3.05, 3.63) is 47.5 Å². The van der Waals surface area contributed by atoms with Gasteiger partial charge in [0, 0.05) is 0 Å². The Bertz CT molecular complexity index is 495. The molecule has 0 spiro atoms. The van der Waals surface area contributed by atoms with Gasteiger partial charge in [-0.1, -0.05) is 36.4 Å². The van der Waals surface area contributed by atoms with E-state index < -0.39 is 5.60 Å². The van der Waals surface area contributed by atoms with Crippen LogP contribution in [0.1, 0.15) is 44.0 Å². The zero-order chi connectivity index (χ0) is 12.9. The molecule has 2 aliphatic heterocycles. The number of nitrogens with zero attached hydrogens (tertiary/aromatic N) is 1. The van der Waals surface area contributed by atoms with E-state index in [0.29, 0.717) is 0 Å². The molecule has 0 unspecified atom stereocenters. The minimum Gasteiger partial charge on any atom is -0.444 e. The molecule has 18 heavy (non-hydrogen) atoms. The average Bonchev–Trinajstić information content (AvgIpc) is 2.83. The second-order valence-electron chi connectivity index (χ2n) is 5.79. The number of carbonyl (C=O) groups is 1. The van der Waals surface area contributed by atoms with Crippen LogP contribution >= 0.6 is 0 Å².